The van der Waals surface area contributed by atoms with Crippen LogP contribution < -0.4 is 0 Å². The van der Waals surface area contributed by atoms with Crippen LogP contribution in [0.1, 0.15) is 5.56 Å². The Balaban J connectivity index is 3.24. The maximum Gasteiger partial charge on any atom is 0.192 e. The van der Waals surface area contributed by atoms with Crippen LogP contribution in [-0.2, 0) is 4.87 Å². The Labute approximate surface area is 97.5 Å². The summed E-state index contributed by atoms with van der Waals surface area (Å²) in [6.07, 6.45) is 0. The second-order valence-electron chi connectivity index (χ2n) is 2.59. The van der Waals surface area contributed by atoms with E-state index < -0.39 is 4.87 Å². The monoisotopic (exact) mass is 245 g/mol. The molecule has 0 spiro atoms. The SMILES string of the molecule is N#CC(Cl)(/C(Cl)=C\Cl)c1ccccc1. The van der Waals surface area contributed by atoms with Gasteiger partial charge < -0.3 is 0 Å². The predicted octanol–water partition coefficient (Wildman–Crippen LogP) is 3.96. The van der Waals surface area contributed by atoms with E-state index in [1.165, 1.54) is 0 Å². The lowest BCUT2D eigenvalue weighted by Crippen LogP contribution is -2.16. The van der Waals surface area contributed by atoms with Gasteiger partial charge in [0.2, 0.25) is 0 Å². The smallest absolute Gasteiger partial charge is 0.192 e. The minimum absolute atomic E-state index is 0.0922. The van der Waals surface area contributed by atoms with E-state index in [4.69, 9.17) is 40.1 Å². The summed E-state index contributed by atoms with van der Waals surface area (Å²) >= 11 is 17.3. The highest BCUT2D eigenvalue weighted by Crippen LogP contribution is 2.38. The normalized spacial score (nSPS) is 15.7. The number of nitrogens with zero attached hydrogens (tertiary/aromatic N) is 1. The molecule has 0 fully saturated rings. The van der Waals surface area contributed by atoms with E-state index in [1.54, 1.807) is 24.3 Å². The van der Waals surface area contributed by atoms with E-state index in [2.05, 4.69) is 0 Å². The number of hydrogen-bond donors (Lipinski definition) is 0. The van der Waals surface area contributed by atoms with Gasteiger partial charge in [-0.1, -0.05) is 65.1 Å². The van der Waals surface area contributed by atoms with Gasteiger partial charge >= 0.3 is 0 Å². The molecule has 0 aliphatic heterocycles. The van der Waals surface area contributed by atoms with E-state index in [0.29, 0.717) is 5.56 Å². The lowest BCUT2D eigenvalue weighted by Gasteiger charge is -2.17. The first kappa shape index (κ1) is 11.4. The fourth-order valence-corrected chi connectivity index (χ4v) is 1.55. The quantitative estimate of drug-likeness (QED) is 0.725. The van der Waals surface area contributed by atoms with Gasteiger partial charge in [-0.15, -0.1) is 0 Å². The lowest BCUT2D eigenvalue weighted by atomic mass is 10.00. The molecule has 1 unspecified atom stereocenters. The molecule has 0 aromatic heterocycles. The molecule has 1 aromatic carbocycles. The average Bonchev–Trinajstić information content (AvgIpc) is 2.28. The minimum atomic E-state index is -1.38. The van der Waals surface area contributed by atoms with Crippen molar-refractivity contribution < 1.29 is 0 Å². The number of allylic oxidation sites excluding steroid dienone is 1. The second-order valence-corrected chi connectivity index (χ2v) is 3.79. The highest BCUT2D eigenvalue weighted by atomic mass is 35.5. The molecule has 0 N–H and O–H groups in total. The molecule has 0 bridgehead atoms. The zero-order chi connectivity index (χ0) is 10.6. The summed E-state index contributed by atoms with van der Waals surface area (Å²) in [5.41, 5.74) is 1.70. The van der Waals surface area contributed by atoms with Crippen LogP contribution >= 0.6 is 34.8 Å². The van der Waals surface area contributed by atoms with Gasteiger partial charge in [-0.2, -0.15) is 5.26 Å². The summed E-state index contributed by atoms with van der Waals surface area (Å²) in [6, 6.07) is 10.8. The average molecular weight is 247 g/mol. The third kappa shape index (κ3) is 2.04. The van der Waals surface area contributed by atoms with Crippen molar-refractivity contribution in [3.8, 4) is 6.07 Å². The number of halogens is 3. The van der Waals surface area contributed by atoms with Gasteiger partial charge in [0, 0.05) is 5.54 Å². The molecule has 1 aromatic rings. The van der Waals surface area contributed by atoms with Crippen molar-refractivity contribution in [2.75, 3.05) is 0 Å². The Morgan fingerprint density at radius 1 is 1.36 bits per heavy atom. The molecule has 0 heterocycles. The van der Waals surface area contributed by atoms with Crippen molar-refractivity contribution in [1.29, 1.82) is 5.26 Å². The molecule has 1 atom stereocenters. The van der Waals surface area contributed by atoms with Crippen molar-refractivity contribution >= 4 is 34.8 Å². The van der Waals surface area contributed by atoms with E-state index in [-0.39, 0.29) is 5.03 Å². The zero-order valence-corrected chi connectivity index (χ0v) is 9.31. The predicted molar refractivity (Wildman–Crippen MR) is 59.4 cm³/mol. The van der Waals surface area contributed by atoms with Crippen LogP contribution in [0.25, 0.3) is 0 Å². The van der Waals surface area contributed by atoms with Gasteiger partial charge in [0.15, 0.2) is 4.87 Å². The van der Waals surface area contributed by atoms with Gasteiger partial charge in [0.1, 0.15) is 0 Å². The number of benzene rings is 1. The summed E-state index contributed by atoms with van der Waals surface area (Å²) < 4.78 is 0. The van der Waals surface area contributed by atoms with Gasteiger partial charge in [-0.25, -0.2) is 0 Å². The summed E-state index contributed by atoms with van der Waals surface area (Å²) in [6.45, 7) is 0. The van der Waals surface area contributed by atoms with E-state index in [9.17, 15) is 0 Å². The van der Waals surface area contributed by atoms with Crippen molar-refractivity contribution in [1.82, 2.24) is 0 Å². The fourth-order valence-electron chi connectivity index (χ4n) is 0.999. The first-order valence-corrected chi connectivity index (χ1v) is 4.96. The highest BCUT2D eigenvalue weighted by molar-refractivity contribution is 6.43. The number of hydrogen-bond acceptors (Lipinski definition) is 1. The lowest BCUT2D eigenvalue weighted by molar-refractivity contribution is 0.968. The molecule has 0 radical (unpaired) electrons. The molecule has 0 saturated heterocycles. The third-order valence-corrected chi connectivity index (χ3v) is 3.08. The standard InChI is InChI=1S/C10H6Cl3N/c11-6-9(12)10(13,7-14)8-4-2-1-3-5-8/h1-6H/b9-6+. The van der Waals surface area contributed by atoms with E-state index in [0.717, 1.165) is 5.54 Å². The zero-order valence-electron chi connectivity index (χ0n) is 7.05. The Morgan fingerprint density at radius 2 is 1.93 bits per heavy atom. The minimum Gasteiger partial charge on any atom is -0.196 e. The molecule has 72 valence electrons. The number of alkyl halides is 1. The molecule has 0 amide bonds. The van der Waals surface area contributed by atoms with Crippen LogP contribution in [0, 0.1) is 11.3 Å². The van der Waals surface area contributed by atoms with Crippen LogP contribution in [0.15, 0.2) is 40.9 Å². The van der Waals surface area contributed by atoms with Crippen LogP contribution in [0.3, 0.4) is 0 Å². The first-order valence-electron chi connectivity index (χ1n) is 3.77. The van der Waals surface area contributed by atoms with E-state index in [1.807, 2.05) is 12.1 Å². The van der Waals surface area contributed by atoms with Crippen molar-refractivity contribution in [3.05, 3.63) is 46.5 Å². The molecule has 0 saturated carbocycles. The van der Waals surface area contributed by atoms with Crippen LogP contribution in [-0.4, -0.2) is 0 Å². The van der Waals surface area contributed by atoms with E-state index >= 15 is 0 Å². The van der Waals surface area contributed by atoms with Gasteiger partial charge in [-0.3, -0.25) is 0 Å². The third-order valence-electron chi connectivity index (χ3n) is 1.75. The van der Waals surface area contributed by atoms with Crippen LogP contribution in [0.2, 0.25) is 0 Å². The maximum absolute atomic E-state index is 8.97. The van der Waals surface area contributed by atoms with Crippen molar-refractivity contribution in [3.63, 3.8) is 0 Å². The van der Waals surface area contributed by atoms with Gasteiger partial charge in [0.05, 0.1) is 11.1 Å². The maximum atomic E-state index is 8.97. The Bertz CT molecular complexity index is 380. The molecular formula is C10H6Cl3N. The summed E-state index contributed by atoms with van der Waals surface area (Å²) in [7, 11) is 0. The summed E-state index contributed by atoms with van der Waals surface area (Å²) in [4.78, 5) is -1.38. The summed E-state index contributed by atoms with van der Waals surface area (Å²) in [5.74, 6) is 0. The Morgan fingerprint density at radius 3 is 2.36 bits per heavy atom. The molecule has 1 nitrogen and oxygen atoms in total. The Kier molecular flexibility index (Phi) is 3.83. The van der Waals surface area contributed by atoms with Crippen LogP contribution in [0.4, 0.5) is 0 Å². The van der Waals surface area contributed by atoms with Crippen molar-refractivity contribution in [2.24, 2.45) is 0 Å². The Hall–Kier alpha value is -0.680. The first-order chi connectivity index (χ1) is 6.65. The summed E-state index contributed by atoms with van der Waals surface area (Å²) in [5, 5.41) is 9.07. The topological polar surface area (TPSA) is 23.8 Å². The fraction of sp³-hybridized carbons (Fsp3) is 0.100. The van der Waals surface area contributed by atoms with Gasteiger partial charge in [0.25, 0.3) is 0 Å². The molecule has 0 aliphatic rings. The highest BCUT2D eigenvalue weighted by Gasteiger charge is 2.33. The number of rotatable bonds is 2. The van der Waals surface area contributed by atoms with Gasteiger partial charge in [-0.05, 0) is 5.56 Å². The van der Waals surface area contributed by atoms with Crippen molar-refractivity contribution in [2.45, 2.75) is 4.87 Å². The molecule has 14 heavy (non-hydrogen) atoms. The molecular weight excluding hydrogens is 240 g/mol. The largest absolute Gasteiger partial charge is 0.196 e. The van der Waals surface area contributed by atoms with Crippen LogP contribution in [0.5, 0.6) is 0 Å². The second kappa shape index (κ2) is 4.70. The molecule has 1 rings (SSSR count). The molecule has 4 heteroatoms. The molecule has 0 aliphatic carbocycles. The number of nitriles is 1.